The molecule has 0 saturated carbocycles. The average Bonchev–Trinajstić information content (AvgIpc) is 2.49. The van der Waals surface area contributed by atoms with Crippen molar-refractivity contribution in [3.63, 3.8) is 0 Å². The Kier molecular flexibility index (Phi) is 12.1. The molecular weight excluding hydrogens is 314 g/mol. The predicted octanol–water partition coefficient (Wildman–Crippen LogP) is 1.78. The van der Waals surface area contributed by atoms with E-state index in [-0.39, 0.29) is 36.6 Å². The average molecular weight is 345 g/mol. The zero-order chi connectivity index (χ0) is 18.5. The highest BCUT2D eigenvalue weighted by Gasteiger charge is 2.21. The molecule has 0 aromatic heterocycles. The fourth-order valence-electron chi connectivity index (χ4n) is 1.84. The van der Waals surface area contributed by atoms with Crippen molar-refractivity contribution < 1.29 is 29.0 Å². The first kappa shape index (κ1) is 22.5. The molecule has 0 aliphatic carbocycles. The summed E-state index contributed by atoms with van der Waals surface area (Å²) in [4.78, 5) is 34.5. The second-order valence-electron chi connectivity index (χ2n) is 6.27. The van der Waals surface area contributed by atoms with E-state index < -0.39 is 12.0 Å². The molecule has 0 radical (unpaired) electrons. The van der Waals surface area contributed by atoms with Gasteiger partial charge in [-0.1, -0.05) is 13.8 Å². The van der Waals surface area contributed by atoms with Crippen molar-refractivity contribution in [2.45, 2.75) is 65.5 Å². The number of carboxylic acid groups (broad SMARTS) is 1. The fourth-order valence-corrected chi connectivity index (χ4v) is 1.84. The Hall–Kier alpha value is -1.47. The number of aliphatic carboxylic acids is 1. The molecule has 1 amide bonds. The van der Waals surface area contributed by atoms with Gasteiger partial charge >= 0.3 is 5.97 Å². The van der Waals surface area contributed by atoms with Crippen LogP contribution in [0.5, 0.6) is 0 Å². The van der Waals surface area contributed by atoms with Crippen molar-refractivity contribution in [1.29, 1.82) is 0 Å². The number of ether oxygens (including phenoxy) is 2. The Labute approximate surface area is 144 Å². The fraction of sp³-hybridized carbons (Fsp3) is 0.824. The van der Waals surface area contributed by atoms with Gasteiger partial charge in [0.25, 0.3) is 0 Å². The van der Waals surface area contributed by atoms with Gasteiger partial charge in [-0.05, 0) is 26.7 Å². The van der Waals surface area contributed by atoms with E-state index in [1.807, 2.05) is 13.8 Å². The first-order valence-electron chi connectivity index (χ1n) is 8.48. The highest BCUT2D eigenvalue weighted by molar-refractivity contribution is 5.85. The summed E-state index contributed by atoms with van der Waals surface area (Å²) in [6, 6.07) is -1.02. The molecule has 0 rings (SSSR count). The second kappa shape index (κ2) is 12.9. The molecule has 0 spiro atoms. The van der Waals surface area contributed by atoms with E-state index in [0.29, 0.717) is 32.7 Å². The summed E-state index contributed by atoms with van der Waals surface area (Å²) in [6.07, 6.45) is 1.35. The summed E-state index contributed by atoms with van der Waals surface area (Å²) in [5, 5.41) is 11.5. The van der Waals surface area contributed by atoms with E-state index in [9.17, 15) is 14.4 Å². The molecule has 0 bridgehead atoms. The van der Waals surface area contributed by atoms with E-state index in [1.54, 1.807) is 13.8 Å². The van der Waals surface area contributed by atoms with Gasteiger partial charge in [-0.15, -0.1) is 0 Å². The maximum atomic E-state index is 11.8. The number of ketones is 1. The number of rotatable bonds is 14. The van der Waals surface area contributed by atoms with Crippen LogP contribution in [-0.2, 0) is 23.9 Å². The number of carbonyl (C=O) groups is 3. The van der Waals surface area contributed by atoms with E-state index >= 15 is 0 Å². The number of amides is 1. The van der Waals surface area contributed by atoms with Crippen LogP contribution in [0.15, 0.2) is 0 Å². The van der Waals surface area contributed by atoms with E-state index in [1.165, 1.54) is 0 Å². The van der Waals surface area contributed by atoms with E-state index in [4.69, 9.17) is 14.6 Å². The van der Waals surface area contributed by atoms with Crippen LogP contribution in [0, 0.1) is 5.92 Å². The van der Waals surface area contributed by atoms with Gasteiger partial charge < -0.3 is 19.9 Å². The molecule has 0 aliphatic heterocycles. The van der Waals surface area contributed by atoms with Crippen molar-refractivity contribution in [3.05, 3.63) is 0 Å². The molecule has 140 valence electrons. The zero-order valence-electron chi connectivity index (χ0n) is 15.2. The van der Waals surface area contributed by atoms with Gasteiger partial charge in [-0.25, -0.2) is 4.79 Å². The summed E-state index contributed by atoms with van der Waals surface area (Å²) in [5.74, 6) is -1.77. The van der Waals surface area contributed by atoms with Crippen molar-refractivity contribution in [1.82, 2.24) is 5.32 Å². The minimum absolute atomic E-state index is 0.0259. The maximum Gasteiger partial charge on any atom is 0.326 e. The highest BCUT2D eigenvalue weighted by atomic mass is 16.5. The topological polar surface area (TPSA) is 102 Å². The Bertz CT molecular complexity index is 395. The number of carbonyl (C=O) groups excluding carboxylic acids is 2. The first-order valence-corrected chi connectivity index (χ1v) is 8.48. The molecule has 0 heterocycles. The number of hydrogen-bond acceptors (Lipinski definition) is 5. The van der Waals surface area contributed by atoms with Crippen molar-refractivity contribution in [3.8, 4) is 0 Å². The summed E-state index contributed by atoms with van der Waals surface area (Å²) in [6.45, 7) is 8.77. The molecule has 0 aromatic rings. The molecule has 24 heavy (non-hydrogen) atoms. The van der Waals surface area contributed by atoms with Crippen LogP contribution in [0.2, 0.25) is 0 Å². The minimum Gasteiger partial charge on any atom is -0.480 e. The third-order valence-corrected chi connectivity index (χ3v) is 3.27. The highest BCUT2D eigenvalue weighted by Crippen LogP contribution is 2.05. The minimum atomic E-state index is -1.12. The Balaban J connectivity index is 3.85. The molecule has 0 aliphatic rings. The van der Waals surface area contributed by atoms with Crippen molar-refractivity contribution in [2.24, 2.45) is 5.92 Å². The van der Waals surface area contributed by atoms with E-state index in [0.717, 1.165) is 0 Å². The van der Waals surface area contributed by atoms with Gasteiger partial charge in [-0.3, -0.25) is 9.59 Å². The molecule has 0 aromatic carbocycles. The Morgan fingerprint density at radius 2 is 1.67 bits per heavy atom. The first-order chi connectivity index (χ1) is 11.2. The molecule has 2 N–H and O–H groups in total. The van der Waals surface area contributed by atoms with Crippen LogP contribution < -0.4 is 5.32 Å². The van der Waals surface area contributed by atoms with Crippen molar-refractivity contribution in [2.75, 3.05) is 19.8 Å². The van der Waals surface area contributed by atoms with Gasteiger partial charge in [0.15, 0.2) is 0 Å². The molecule has 7 nitrogen and oxygen atoms in total. The number of carboxylic acids is 1. The van der Waals surface area contributed by atoms with E-state index in [2.05, 4.69) is 5.32 Å². The summed E-state index contributed by atoms with van der Waals surface area (Å²) in [5.41, 5.74) is 0. The third kappa shape index (κ3) is 12.0. The van der Waals surface area contributed by atoms with Gasteiger partial charge in [-0.2, -0.15) is 0 Å². The standard InChI is InChI=1S/C17H31NO6/c1-12(2)16(20)18-15(17(21)22)8-7-14(19)6-5-9-23-10-11-24-13(3)4/h12-13,15H,5-11H2,1-4H3,(H,18,20)(H,21,22). The maximum absolute atomic E-state index is 11.8. The molecule has 1 atom stereocenters. The van der Waals surface area contributed by atoms with Crippen LogP contribution in [0.3, 0.4) is 0 Å². The lowest BCUT2D eigenvalue weighted by atomic mass is 10.1. The SMILES string of the molecule is CC(C)OCCOCCCC(=O)CCC(NC(=O)C(C)C)C(=O)O. The largest absolute Gasteiger partial charge is 0.480 e. The molecule has 0 saturated heterocycles. The smallest absolute Gasteiger partial charge is 0.326 e. The Morgan fingerprint density at radius 1 is 1.00 bits per heavy atom. The van der Waals surface area contributed by atoms with Gasteiger partial charge in [0, 0.05) is 25.4 Å². The molecule has 7 heteroatoms. The third-order valence-electron chi connectivity index (χ3n) is 3.27. The van der Waals surface area contributed by atoms with Crippen molar-refractivity contribution >= 4 is 17.7 Å². The lowest BCUT2D eigenvalue weighted by molar-refractivity contribution is -0.142. The van der Waals surface area contributed by atoms with Gasteiger partial charge in [0.1, 0.15) is 11.8 Å². The summed E-state index contributed by atoms with van der Waals surface area (Å²) in [7, 11) is 0. The molecule has 0 fully saturated rings. The second-order valence-corrected chi connectivity index (χ2v) is 6.27. The van der Waals surface area contributed by atoms with Crippen LogP contribution in [0.25, 0.3) is 0 Å². The van der Waals surface area contributed by atoms with Gasteiger partial charge in [0.2, 0.25) is 5.91 Å². The number of nitrogens with one attached hydrogen (secondary N) is 1. The molecule has 1 unspecified atom stereocenters. The van der Waals surface area contributed by atoms with Crippen LogP contribution >= 0.6 is 0 Å². The van der Waals surface area contributed by atoms with Crippen LogP contribution in [0.1, 0.15) is 53.4 Å². The number of Topliss-reactive ketones (excluding diaryl/α,β-unsaturated/α-hetero) is 1. The summed E-state index contributed by atoms with van der Waals surface area (Å²) >= 11 is 0. The zero-order valence-corrected chi connectivity index (χ0v) is 15.2. The Morgan fingerprint density at radius 3 is 2.21 bits per heavy atom. The lowest BCUT2D eigenvalue weighted by Gasteiger charge is -2.15. The van der Waals surface area contributed by atoms with Crippen LogP contribution in [-0.4, -0.2) is 54.7 Å². The lowest BCUT2D eigenvalue weighted by Crippen LogP contribution is -2.42. The number of hydrogen-bond donors (Lipinski definition) is 2. The monoisotopic (exact) mass is 345 g/mol. The summed E-state index contributed by atoms with van der Waals surface area (Å²) < 4.78 is 10.7. The van der Waals surface area contributed by atoms with Gasteiger partial charge in [0.05, 0.1) is 19.3 Å². The molecular formula is C17H31NO6. The quantitative estimate of drug-likeness (QED) is 0.465. The van der Waals surface area contributed by atoms with Crippen LogP contribution in [0.4, 0.5) is 0 Å². The normalized spacial score (nSPS) is 12.4. The predicted molar refractivity (Wildman–Crippen MR) is 89.8 cm³/mol.